The molecule has 0 aliphatic rings. The number of benzene rings is 1. The van der Waals surface area contributed by atoms with Crippen molar-refractivity contribution in [1.82, 2.24) is 4.98 Å². The summed E-state index contributed by atoms with van der Waals surface area (Å²) in [6.45, 7) is 4.10. The van der Waals surface area contributed by atoms with Crippen LogP contribution in [0, 0.1) is 5.92 Å². The van der Waals surface area contributed by atoms with Crippen LogP contribution in [0.15, 0.2) is 36.7 Å². The topological polar surface area (TPSA) is 33.1 Å². The van der Waals surface area contributed by atoms with Crippen LogP contribution >= 0.6 is 0 Å². The van der Waals surface area contributed by atoms with Gasteiger partial charge in [-0.2, -0.15) is 0 Å². The van der Waals surface area contributed by atoms with E-state index in [9.17, 15) is 5.11 Å². The summed E-state index contributed by atoms with van der Waals surface area (Å²) >= 11 is 0. The average Bonchev–Trinajstić information content (AvgIpc) is 2.35. The van der Waals surface area contributed by atoms with E-state index in [4.69, 9.17) is 0 Å². The predicted octanol–water partition coefficient (Wildman–Crippen LogP) is 3.18. The quantitative estimate of drug-likeness (QED) is 0.873. The highest BCUT2D eigenvalue weighted by molar-refractivity contribution is 5.84. The zero-order chi connectivity index (χ0) is 12.3. The largest absolute Gasteiger partial charge is 0.393 e. The fourth-order valence-corrected chi connectivity index (χ4v) is 2.03. The van der Waals surface area contributed by atoms with Crippen LogP contribution in [0.25, 0.3) is 10.8 Å². The van der Waals surface area contributed by atoms with E-state index in [-0.39, 0.29) is 6.10 Å². The van der Waals surface area contributed by atoms with Crippen molar-refractivity contribution in [2.24, 2.45) is 5.92 Å². The summed E-state index contributed by atoms with van der Waals surface area (Å²) < 4.78 is 0. The van der Waals surface area contributed by atoms with Gasteiger partial charge in [0.05, 0.1) is 6.10 Å². The van der Waals surface area contributed by atoms with Crippen LogP contribution in [0.1, 0.15) is 25.8 Å². The first kappa shape index (κ1) is 12.1. The molecule has 0 spiro atoms. The van der Waals surface area contributed by atoms with Crippen LogP contribution in [0.3, 0.4) is 0 Å². The van der Waals surface area contributed by atoms with Gasteiger partial charge in [-0.15, -0.1) is 0 Å². The Labute approximate surface area is 102 Å². The molecule has 1 aromatic heterocycles. The Bertz CT molecular complexity index is 488. The third-order valence-electron chi connectivity index (χ3n) is 3.25. The van der Waals surface area contributed by atoms with E-state index >= 15 is 0 Å². The van der Waals surface area contributed by atoms with Crippen LogP contribution in [-0.2, 0) is 6.42 Å². The number of hydrogen-bond acceptors (Lipinski definition) is 2. The maximum absolute atomic E-state index is 9.84. The summed E-state index contributed by atoms with van der Waals surface area (Å²) in [6.07, 6.45) is 5.22. The highest BCUT2D eigenvalue weighted by Crippen LogP contribution is 2.20. The number of nitrogens with zero attached hydrogens (tertiary/aromatic N) is 1. The van der Waals surface area contributed by atoms with Crippen molar-refractivity contribution in [1.29, 1.82) is 0 Å². The minimum atomic E-state index is -0.220. The van der Waals surface area contributed by atoms with Crippen LogP contribution in [0.2, 0.25) is 0 Å². The highest BCUT2D eigenvalue weighted by atomic mass is 16.3. The summed E-state index contributed by atoms with van der Waals surface area (Å²) in [5.74, 6) is 0.322. The van der Waals surface area contributed by atoms with Gasteiger partial charge in [0, 0.05) is 17.8 Å². The molecule has 1 N–H and O–H groups in total. The first-order chi connectivity index (χ1) is 8.18. The predicted molar refractivity (Wildman–Crippen MR) is 70.9 cm³/mol. The Morgan fingerprint density at radius 2 is 2.06 bits per heavy atom. The second-order valence-electron chi connectivity index (χ2n) is 4.86. The molecule has 0 aliphatic heterocycles. The van der Waals surface area contributed by atoms with Crippen molar-refractivity contribution < 1.29 is 5.11 Å². The first-order valence-corrected chi connectivity index (χ1v) is 6.18. The minimum Gasteiger partial charge on any atom is -0.393 e. The number of aromatic nitrogens is 1. The summed E-state index contributed by atoms with van der Waals surface area (Å²) in [5, 5.41) is 12.3. The molecule has 90 valence electrons. The summed E-state index contributed by atoms with van der Waals surface area (Å²) in [5.41, 5.74) is 1.27. The van der Waals surface area contributed by atoms with E-state index < -0.39 is 0 Å². The number of fused-ring (bicyclic) bond motifs is 1. The van der Waals surface area contributed by atoms with Gasteiger partial charge in [0.2, 0.25) is 0 Å². The Hall–Kier alpha value is -1.41. The van der Waals surface area contributed by atoms with Gasteiger partial charge in [0.25, 0.3) is 0 Å². The van der Waals surface area contributed by atoms with Crippen molar-refractivity contribution in [3.63, 3.8) is 0 Å². The summed E-state index contributed by atoms with van der Waals surface area (Å²) in [6, 6.07) is 8.31. The van der Waals surface area contributed by atoms with E-state index in [1.807, 2.05) is 18.5 Å². The smallest absolute Gasteiger partial charge is 0.0566 e. The number of rotatable bonds is 4. The van der Waals surface area contributed by atoms with Crippen molar-refractivity contribution >= 4 is 10.8 Å². The normalized spacial score (nSPS) is 13.2. The van der Waals surface area contributed by atoms with E-state index in [1.54, 1.807) is 0 Å². The molecule has 2 aromatic rings. The first-order valence-electron chi connectivity index (χ1n) is 6.18. The highest BCUT2D eigenvalue weighted by Gasteiger charge is 2.10. The Morgan fingerprint density at radius 1 is 1.24 bits per heavy atom. The second-order valence-corrected chi connectivity index (χ2v) is 4.86. The molecule has 1 unspecified atom stereocenters. The maximum atomic E-state index is 9.84. The molecule has 17 heavy (non-hydrogen) atoms. The fraction of sp³-hybridized carbons (Fsp3) is 0.400. The van der Waals surface area contributed by atoms with E-state index in [0.717, 1.165) is 12.8 Å². The zero-order valence-corrected chi connectivity index (χ0v) is 10.4. The number of aliphatic hydroxyl groups is 1. The molecule has 0 saturated heterocycles. The fourth-order valence-electron chi connectivity index (χ4n) is 2.03. The van der Waals surface area contributed by atoms with Crippen LogP contribution in [0.4, 0.5) is 0 Å². The van der Waals surface area contributed by atoms with Crippen LogP contribution < -0.4 is 0 Å². The SMILES string of the molecule is CC(C)C(O)CCc1cccc2ccncc12. The molecule has 1 aromatic carbocycles. The summed E-state index contributed by atoms with van der Waals surface area (Å²) in [7, 11) is 0. The van der Waals surface area contributed by atoms with Gasteiger partial charge in [0.1, 0.15) is 0 Å². The van der Waals surface area contributed by atoms with E-state index in [2.05, 4.69) is 37.0 Å². The third-order valence-corrected chi connectivity index (χ3v) is 3.25. The molecule has 0 saturated carbocycles. The standard InChI is InChI=1S/C15H19NO/c1-11(2)15(17)7-6-12-4-3-5-13-8-9-16-10-14(12)13/h3-5,8-11,15,17H,6-7H2,1-2H3. The number of aryl methyl sites for hydroxylation is 1. The third kappa shape index (κ3) is 2.83. The van der Waals surface area contributed by atoms with Gasteiger partial charge in [-0.3, -0.25) is 4.98 Å². The van der Waals surface area contributed by atoms with Gasteiger partial charge in [-0.05, 0) is 35.8 Å². The molecule has 2 nitrogen and oxygen atoms in total. The van der Waals surface area contributed by atoms with Gasteiger partial charge < -0.3 is 5.11 Å². The molecule has 0 radical (unpaired) electrons. The second kappa shape index (κ2) is 5.28. The van der Waals surface area contributed by atoms with Crippen LogP contribution in [-0.4, -0.2) is 16.2 Å². The molecule has 1 heterocycles. The van der Waals surface area contributed by atoms with Gasteiger partial charge in [-0.1, -0.05) is 32.0 Å². The average molecular weight is 229 g/mol. The monoisotopic (exact) mass is 229 g/mol. The molecule has 0 amide bonds. The molecule has 2 rings (SSSR count). The number of aliphatic hydroxyl groups excluding tert-OH is 1. The molecular weight excluding hydrogens is 210 g/mol. The van der Waals surface area contributed by atoms with E-state index in [0.29, 0.717) is 5.92 Å². The molecule has 2 heteroatoms. The number of pyridine rings is 1. The lowest BCUT2D eigenvalue weighted by atomic mass is 9.97. The minimum absolute atomic E-state index is 0.220. The molecule has 1 atom stereocenters. The lowest BCUT2D eigenvalue weighted by Crippen LogP contribution is -2.15. The Balaban J connectivity index is 2.19. The van der Waals surface area contributed by atoms with Crippen molar-refractivity contribution in [3.05, 3.63) is 42.2 Å². The summed E-state index contributed by atoms with van der Waals surface area (Å²) in [4.78, 5) is 4.17. The Kier molecular flexibility index (Phi) is 3.75. The number of hydrogen-bond donors (Lipinski definition) is 1. The molecule has 0 fully saturated rings. The van der Waals surface area contributed by atoms with Crippen LogP contribution in [0.5, 0.6) is 0 Å². The maximum Gasteiger partial charge on any atom is 0.0566 e. The lowest BCUT2D eigenvalue weighted by molar-refractivity contribution is 0.116. The van der Waals surface area contributed by atoms with Gasteiger partial charge in [-0.25, -0.2) is 0 Å². The molecule has 0 bridgehead atoms. The van der Waals surface area contributed by atoms with Gasteiger partial charge >= 0.3 is 0 Å². The van der Waals surface area contributed by atoms with E-state index in [1.165, 1.54) is 16.3 Å². The molecule has 0 aliphatic carbocycles. The van der Waals surface area contributed by atoms with Crippen molar-refractivity contribution in [2.75, 3.05) is 0 Å². The van der Waals surface area contributed by atoms with Crippen molar-refractivity contribution in [2.45, 2.75) is 32.8 Å². The lowest BCUT2D eigenvalue weighted by Gasteiger charge is -2.14. The van der Waals surface area contributed by atoms with Gasteiger partial charge in [0.15, 0.2) is 0 Å². The van der Waals surface area contributed by atoms with Crippen molar-refractivity contribution in [3.8, 4) is 0 Å². The zero-order valence-electron chi connectivity index (χ0n) is 10.4. The molecular formula is C15H19NO. The Morgan fingerprint density at radius 3 is 2.82 bits per heavy atom.